The van der Waals surface area contributed by atoms with E-state index in [1.54, 1.807) is 0 Å². The lowest BCUT2D eigenvalue weighted by Gasteiger charge is -2.25. The molecule has 1 N–H and O–H groups in total. The lowest BCUT2D eigenvalue weighted by molar-refractivity contribution is 0.401. The molecule has 0 aliphatic heterocycles. The molecule has 0 aliphatic carbocycles. The highest BCUT2D eigenvalue weighted by atomic mass is 19.1. The Labute approximate surface area is 115 Å². The summed E-state index contributed by atoms with van der Waals surface area (Å²) in [6.07, 6.45) is 3.21. The molecule has 0 fully saturated rings. The average molecular weight is 269 g/mol. The Bertz CT molecular complexity index is 359. The fourth-order valence-electron chi connectivity index (χ4n) is 2.53. The van der Waals surface area contributed by atoms with E-state index in [1.165, 1.54) is 12.1 Å². The van der Waals surface area contributed by atoms with Crippen molar-refractivity contribution in [3.63, 3.8) is 0 Å². The second-order valence-corrected chi connectivity index (χ2v) is 5.28. The van der Waals surface area contributed by atoms with Crippen molar-refractivity contribution >= 4 is 0 Å². The van der Waals surface area contributed by atoms with Crippen LogP contribution in [0.5, 0.6) is 0 Å². The predicted molar refractivity (Wildman–Crippen MR) is 76.3 cm³/mol. The van der Waals surface area contributed by atoms with Crippen LogP contribution >= 0.6 is 0 Å². The summed E-state index contributed by atoms with van der Waals surface area (Å²) in [4.78, 5) is 0. The SMILES string of the molecule is CCCNCC(c1cc(F)cc(F)c1)C(C)CCC. The van der Waals surface area contributed by atoms with E-state index in [-0.39, 0.29) is 5.92 Å². The van der Waals surface area contributed by atoms with Crippen molar-refractivity contribution in [3.05, 3.63) is 35.4 Å². The molecule has 0 amide bonds. The van der Waals surface area contributed by atoms with E-state index in [4.69, 9.17) is 0 Å². The van der Waals surface area contributed by atoms with E-state index in [2.05, 4.69) is 26.1 Å². The van der Waals surface area contributed by atoms with Crippen LogP contribution in [0.3, 0.4) is 0 Å². The maximum absolute atomic E-state index is 13.4. The molecule has 0 aromatic heterocycles. The Morgan fingerprint density at radius 3 is 2.21 bits per heavy atom. The zero-order valence-corrected chi connectivity index (χ0v) is 12.2. The maximum Gasteiger partial charge on any atom is 0.126 e. The van der Waals surface area contributed by atoms with Gasteiger partial charge in [0.05, 0.1) is 0 Å². The van der Waals surface area contributed by atoms with Crippen molar-refractivity contribution in [1.29, 1.82) is 0 Å². The van der Waals surface area contributed by atoms with Gasteiger partial charge in [-0.25, -0.2) is 8.78 Å². The number of hydrogen-bond acceptors (Lipinski definition) is 1. The Morgan fingerprint density at radius 2 is 1.68 bits per heavy atom. The van der Waals surface area contributed by atoms with Gasteiger partial charge >= 0.3 is 0 Å². The van der Waals surface area contributed by atoms with Gasteiger partial charge in [0.2, 0.25) is 0 Å². The van der Waals surface area contributed by atoms with Gasteiger partial charge in [-0.05, 0) is 42.5 Å². The first-order valence-electron chi connectivity index (χ1n) is 7.25. The Hall–Kier alpha value is -0.960. The first-order valence-corrected chi connectivity index (χ1v) is 7.25. The van der Waals surface area contributed by atoms with Gasteiger partial charge in [0.15, 0.2) is 0 Å². The molecule has 0 heterocycles. The van der Waals surface area contributed by atoms with Crippen LogP contribution < -0.4 is 5.32 Å². The number of halogens is 2. The van der Waals surface area contributed by atoms with Crippen LogP contribution in [0.25, 0.3) is 0 Å². The van der Waals surface area contributed by atoms with Gasteiger partial charge in [-0.1, -0.05) is 33.6 Å². The van der Waals surface area contributed by atoms with Gasteiger partial charge in [-0.15, -0.1) is 0 Å². The standard InChI is InChI=1S/C16H25F2N/c1-4-6-12(3)16(11-19-7-5-2)13-8-14(17)10-15(18)9-13/h8-10,12,16,19H,4-7,11H2,1-3H3. The topological polar surface area (TPSA) is 12.0 Å². The zero-order valence-electron chi connectivity index (χ0n) is 12.2. The summed E-state index contributed by atoms with van der Waals surface area (Å²) in [5, 5.41) is 3.37. The molecule has 0 saturated carbocycles. The molecule has 2 atom stereocenters. The lowest BCUT2D eigenvalue weighted by Crippen LogP contribution is -2.26. The predicted octanol–water partition coefficient (Wildman–Crippen LogP) is 4.48. The van der Waals surface area contributed by atoms with Crippen molar-refractivity contribution in [1.82, 2.24) is 5.32 Å². The minimum Gasteiger partial charge on any atom is -0.316 e. The second-order valence-electron chi connectivity index (χ2n) is 5.28. The minimum absolute atomic E-state index is 0.164. The van der Waals surface area contributed by atoms with E-state index in [9.17, 15) is 8.78 Å². The maximum atomic E-state index is 13.4. The first-order chi connectivity index (χ1) is 9.08. The molecule has 0 spiro atoms. The van der Waals surface area contributed by atoms with E-state index >= 15 is 0 Å². The first kappa shape index (κ1) is 16.1. The second kappa shape index (κ2) is 8.26. The van der Waals surface area contributed by atoms with Gasteiger partial charge in [0, 0.05) is 12.6 Å². The minimum atomic E-state index is -0.487. The van der Waals surface area contributed by atoms with Crippen molar-refractivity contribution < 1.29 is 8.78 Å². The van der Waals surface area contributed by atoms with Gasteiger partial charge in [0.1, 0.15) is 11.6 Å². The summed E-state index contributed by atoms with van der Waals surface area (Å²) in [5.41, 5.74) is 0.766. The van der Waals surface area contributed by atoms with Crippen molar-refractivity contribution in [2.24, 2.45) is 5.92 Å². The highest BCUT2D eigenvalue weighted by molar-refractivity contribution is 5.23. The molecule has 108 valence electrons. The van der Waals surface area contributed by atoms with Gasteiger partial charge < -0.3 is 5.32 Å². The van der Waals surface area contributed by atoms with Gasteiger partial charge in [-0.2, -0.15) is 0 Å². The van der Waals surface area contributed by atoms with E-state index in [0.717, 1.165) is 44.0 Å². The molecular formula is C16H25F2N. The van der Waals surface area contributed by atoms with Crippen LogP contribution in [-0.2, 0) is 0 Å². The van der Waals surface area contributed by atoms with Crippen LogP contribution in [0, 0.1) is 17.6 Å². The third-order valence-electron chi connectivity index (χ3n) is 3.53. The third-order valence-corrected chi connectivity index (χ3v) is 3.53. The van der Waals surface area contributed by atoms with E-state index in [1.807, 2.05) is 0 Å². The number of hydrogen-bond donors (Lipinski definition) is 1. The quantitative estimate of drug-likeness (QED) is 0.686. The fourth-order valence-corrected chi connectivity index (χ4v) is 2.53. The van der Waals surface area contributed by atoms with Crippen LogP contribution in [0.15, 0.2) is 18.2 Å². The van der Waals surface area contributed by atoms with E-state index in [0.29, 0.717) is 5.92 Å². The molecule has 19 heavy (non-hydrogen) atoms. The summed E-state index contributed by atoms with van der Waals surface area (Å²) < 4.78 is 26.7. The van der Waals surface area contributed by atoms with E-state index < -0.39 is 11.6 Å². The molecule has 0 saturated heterocycles. The van der Waals surface area contributed by atoms with Gasteiger partial charge in [-0.3, -0.25) is 0 Å². The molecule has 3 heteroatoms. The van der Waals surface area contributed by atoms with Crippen LogP contribution in [0.4, 0.5) is 8.78 Å². The highest BCUT2D eigenvalue weighted by Gasteiger charge is 2.19. The molecule has 1 rings (SSSR count). The van der Waals surface area contributed by atoms with Gasteiger partial charge in [0.25, 0.3) is 0 Å². The van der Waals surface area contributed by atoms with Crippen molar-refractivity contribution in [2.45, 2.75) is 46.0 Å². The highest BCUT2D eigenvalue weighted by Crippen LogP contribution is 2.28. The Kier molecular flexibility index (Phi) is 7.00. The fraction of sp³-hybridized carbons (Fsp3) is 0.625. The number of benzene rings is 1. The monoisotopic (exact) mass is 269 g/mol. The smallest absolute Gasteiger partial charge is 0.126 e. The summed E-state index contributed by atoms with van der Waals surface area (Å²) in [5.74, 6) is -0.398. The molecule has 0 radical (unpaired) electrons. The molecular weight excluding hydrogens is 244 g/mol. The normalized spacial score (nSPS) is 14.4. The van der Waals surface area contributed by atoms with Crippen molar-refractivity contribution in [2.75, 3.05) is 13.1 Å². The molecule has 1 aromatic carbocycles. The summed E-state index contributed by atoms with van der Waals surface area (Å²) in [6.45, 7) is 8.12. The largest absolute Gasteiger partial charge is 0.316 e. The summed E-state index contributed by atoms with van der Waals surface area (Å²) >= 11 is 0. The molecule has 1 nitrogen and oxygen atoms in total. The zero-order chi connectivity index (χ0) is 14.3. The molecule has 0 aliphatic rings. The molecule has 2 unspecified atom stereocenters. The Balaban J connectivity index is 2.86. The Morgan fingerprint density at radius 1 is 1.05 bits per heavy atom. The average Bonchev–Trinajstić information content (AvgIpc) is 2.33. The van der Waals surface area contributed by atoms with Crippen molar-refractivity contribution in [3.8, 4) is 0 Å². The number of rotatable bonds is 8. The molecule has 0 bridgehead atoms. The summed E-state index contributed by atoms with van der Waals surface area (Å²) in [7, 11) is 0. The van der Waals surface area contributed by atoms with Crippen LogP contribution in [0.1, 0.15) is 51.5 Å². The van der Waals surface area contributed by atoms with Crippen LogP contribution in [0.2, 0.25) is 0 Å². The molecule has 1 aromatic rings. The van der Waals surface area contributed by atoms with Crippen LogP contribution in [-0.4, -0.2) is 13.1 Å². The number of nitrogens with one attached hydrogen (secondary N) is 1. The lowest BCUT2D eigenvalue weighted by atomic mass is 9.84. The third kappa shape index (κ3) is 5.27. The summed E-state index contributed by atoms with van der Waals surface area (Å²) in [6, 6.07) is 3.87.